The van der Waals surface area contributed by atoms with E-state index in [1.807, 2.05) is 0 Å². The number of pyridine rings is 1. The van der Waals surface area contributed by atoms with Crippen molar-refractivity contribution < 1.29 is 14.3 Å². The number of H-pyrrole nitrogens is 1. The highest BCUT2D eigenvalue weighted by Crippen LogP contribution is 2.16. The molecule has 0 bridgehead atoms. The lowest BCUT2D eigenvalue weighted by Crippen LogP contribution is -2.28. The number of halogens is 2. The number of aliphatic hydroxyl groups is 1. The van der Waals surface area contributed by atoms with Gasteiger partial charge in [-0.3, -0.25) is 9.59 Å². The maximum atomic E-state index is 14.3. The quantitative estimate of drug-likeness (QED) is 0.593. The Bertz CT molecular complexity index is 1160. The molecule has 0 aliphatic carbocycles. The van der Waals surface area contributed by atoms with Crippen LogP contribution in [-0.2, 0) is 6.54 Å². The van der Waals surface area contributed by atoms with E-state index in [9.17, 15) is 19.1 Å². The van der Waals surface area contributed by atoms with Crippen molar-refractivity contribution in [1.29, 1.82) is 0 Å². The molecule has 0 saturated carbocycles. The summed E-state index contributed by atoms with van der Waals surface area (Å²) in [5.74, 6) is 3.84. The number of carbonyl (C=O) groups is 1. The Morgan fingerprint density at radius 3 is 2.71 bits per heavy atom. The fourth-order valence-electron chi connectivity index (χ4n) is 2.60. The molecule has 1 aromatic heterocycles. The first-order chi connectivity index (χ1) is 13.3. The van der Waals surface area contributed by atoms with Gasteiger partial charge in [0, 0.05) is 23.3 Å². The maximum absolute atomic E-state index is 14.3. The van der Waals surface area contributed by atoms with E-state index in [0.717, 1.165) is 11.6 Å². The van der Waals surface area contributed by atoms with Crippen LogP contribution < -0.4 is 10.7 Å². The minimum absolute atomic E-state index is 0.00837. The third-order valence-corrected chi connectivity index (χ3v) is 4.23. The number of hydrogen-bond donors (Lipinski definition) is 3. The second-order valence-corrected chi connectivity index (χ2v) is 6.60. The minimum atomic E-state index is -0.887. The number of rotatable bonds is 3. The number of aliphatic hydroxyl groups excluding tert-OH is 1. The summed E-state index contributed by atoms with van der Waals surface area (Å²) in [4.78, 5) is 27.8. The fourth-order valence-corrected chi connectivity index (χ4v) is 2.72. The molecular formula is C21H16ClFN2O3. The summed E-state index contributed by atoms with van der Waals surface area (Å²) in [5, 5.41) is 12.5. The van der Waals surface area contributed by atoms with Crippen molar-refractivity contribution in [2.45, 2.75) is 19.6 Å². The van der Waals surface area contributed by atoms with Crippen molar-refractivity contribution in [3.05, 3.63) is 80.3 Å². The van der Waals surface area contributed by atoms with Crippen molar-refractivity contribution in [3.8, 4) is 11.8 Å². The molecule has 0 aliphatic rings. The molecule has 1 heterocycles. The molecule has 3 rings (SSSR count). The van der Waals surface area contributed by atoms with Crippen LogP contribution in [0.2, 0.25) is 5.02 Å². The summed E-state index contributed by atoms with van der Waals surface area (Å²) in [5.41, 5.74) is 0.289. The zero-order valence-electron chi connectivity index (χ0n) is 14.8. The van der Waals surface area contributed by atoms with Gasteiger partial charge >= 0.3 is 0 Å². The standard InChI is InChI=1S/C21H16ClFN2O3/c1-12(26)2-3-14-8-16-19(18(23)9-14)24-11-17(20(16)27)21(28)25-10-13-4-6-15(22)7-5-13/h4-9,11-12,26H,10H2,1H3,(H,24,27)(H,25,28). The van der Waals surface area contributed by atoms with Gasteiger partial charge in [0.2, 0.25) is 5.43 Å². The van der Waals surface area contributed by atoms with E-state index in [0.29, 0.717) is 5.02 Å². The zero-order valence-corrected chi connectivity index (χ0v) is 15.6. The van der Waals surface area contributed by atoms with Crippen molar-refractivity contribution in [1.82, 2.24) is 10.3 Å². The Morgan fingerprint density at radius 2 is 2.04 bits per heavy atom. The molecule has 0 aliphatic heterocycles. The van der Waals surface area contributed by atoms with Crippen molar-refractivity contribution in [2.75, 3.05) is 0 Å². The number of hydrogen-bond acceptors (Lipinski definition) is 3. The normalized spacial score (nSPS) is 11.6. The molecule has 1 atom stereocenters. The molecule has 0 fully saturated rings. The summed E-state index contributed by atoms with van der Waals surface area (Å²) in [6.07, 6.45) is 0.300. The van der Waals surface area contributed by atoms with Crippen molar-refractivity contribution in [2.24, 2.45) is 0 Å². The number of aromatic nitrogens is 1. The highest BCUT2D eigenvalue weighted by molar-refractivity contribution is 6.30. The summed E-state index contributed by atoms with van der Waals surface area (Å²) < 4.78 is 14.3. The molecule has 0 saturated heterocycles. The lowest BCUT2D eigenvalue weighted by molar-refractivity contribution is 0.0949. The third kappa shape index (κ3) is 4.39. The summed E-state index contributed by atoms with van der Waals surface area (Å²) in [6, 6.07) is 9.47. The average molecular weight is 399 g/mol. The van der Waals surface area contributed by atoms with Crippen LogP contribution in [-0.4, -0.2) is 22.1 Å². The highest BCUT2D eigenvalue weighted by Gasteiger charge is 2.15. The number of benzene rings is 2. The first kappa shape index (κ1) is 19.6. The van der Waals surface area contributed by atoms with E-state index in [2.05, 4.69) is 22.1 Å². The molecule has 7 heteroatoms. The number of nitrogens with one attached hydrogen (secondary N) is 2. The van der Waals surface area contributed by atoms with Crippen molar-refractivity contribution >= 4 is 28.4 Å². The van der Waals surface area contributed by atoms with Gasteiger partial charge in [0.15, 0.2) is 0 Å². The molecule has 3 N–H and O–H groups in total. The Kier molecular flexibility index (Phi) is 5.78. The molecule has 3 aromatic rings. The number of aromatic amines is 1. The second kappa shape index (κ2) is 8.26. The topological polar surface area (TPSA) is 82.2 Å². The highest BCUT2D eigenvalue weighted by atomic mass is 35.5. The zero-order chi connectivity index (χ0) is 20.3. The second-order valence-electron chi connectivity index (χ2n) is 6.17. The molecule has 142 valence electrons. The first-order valence-electron chi connectivity index (χ1n) is 8.42. The molecule has 0 spiro atoms. The van der Waals surface area contributed by atoms with Crippen LogP contribution in [0.4, 0.5) is 4.39 Å². The Morgan fingerprint density at radius 1 is 1.32 bits per heavy atom. The summed E-state index contributed by atoms with van der Waals surface area (Å²) >= 11 is 5.82. The smallest absolute Gasteiger partial charge is 0.257 e. The van der Waals surface area contributed by atoms with Crippen LogP contribution >= 0.6 is 11.6 Å². The SMILES string of the molecule is CC(O)C#Cc1cc(F)c2[nH]cc(C(=O)NCc3ccc(Cl)cc3)c(=O)c2c1. The van der Waals surface area contributed by atoms with Gasteiger partial charge in [-0.05, 0) is 36.8 Å². The van der Waals surface area contributed by atoms with Crippen LogP contribution in [0.25, 0.3) is 10.9 Å². The van der Waals surface area contributed by atoms with Gasteiger partial charge in [-0.1, -0.05) is 35.6 Å². The third-order valence-electron chi connectivity index (χ3n) is 3.98. The van der Waals surface area contributed by atoms with Crippen LogP contribution in [0.15, 0.2) is 47.4 Å². The predicted molar refractivity (Wildman–Crippen MR) is 106 cm³/mol. The van der Waals surface area contributed by atoms with E-state index in [4.69, 9.17) is 11.6 Å². The van der Waals surface area contributed by atoms with Crippen LogP contribution in [0.3, 0.4) is 0 Å². The summed E-state index contributed by atoms with van der Waals surface area (Å²) in [7, 11) is 0. The molecule has 2 aromatic carbocycles. The summed E-state index contributed by atoms with van der Waals surface area (Å²) in [6.45, 7) is 1.68. The van der Waals surface area contributed by atoms with Gasteiger partial charge in [0.25, 0.3) is 5.91 Å². The monoisotopic (exact) mass is 398 g/mol. The van der Waals surface area contributed by atoms with E-state index >= 15 is 0 Å². The van der Waals surface area contributed by atoms with E-state index in [1.54, 1.807) is 24.3 Å². The van der Waals surface area contributed by atoms with Gasteiger partial charge < -0.3 is 15.4 Å². The fraction of sp³-hybridized carbons (Fsp3) is 0.143. The molecule has 1 amide bonds. The molecular weight excluding hydrogens is 383 g/mol. The predicted octanol–water partition coefficient (Wildman–Crippen LogP) is 2.98. The van der Waals surface area contributed by atoms with Crippen LogP contribution in [0.1, 0.15) is 28.4 Å². The lowest BCUT2D eigenvalue weighted by atomic mass is 10.1. The van der Waals surface area contributed by atoms with Gasteiger partial charge in [0.05, 0.1) is 10.9 Å². The van der Waals surface area contributed by atoms with Crippen LogP contribution in [0, 0.1) is 17.7 Å². The Labute approximate surface area is 165 Å². The Balaban J connectivity index is 1.92. The number of carbonyl (C=O) groups excluding carboxylic acids is 1. The first-order valence-corrected chi connectivity index (χ1v) is 8.80. The molecule has 5 nitrogen and oxygen atoms in total. The minimum Gasteiger partial charge on any atom is -0.381 e. The largest absolute Gasteiger partial charge is 0.381 e. The van der Waals surface area contributed by atoms with Gasteiger partial charge in [-0.25, -0.2) is 4.39 Å². The molecule has 0 radical (unpaired) electrons. The van der Waals surface area contributed by atoms with E-state index < -0.39 is 23.3 Å². The number of amides is 1. The average Bonchev–Trinajstić information content (AvgIpc) is 2.66. The van der Waals surface area contributed by atoms with Crippen molar-refractivity contribution in [3.63, 3.8) is 0 Å². The van der Waals surface area contributed by atoms with Gasteiger partial charge in [-0.2, -0.15) is 0 Å². The van der Waals surface area contributed by atoms with E-state index in [-0.39, 0.29) is 28.6 Å². The molecule has 28 heavy (non-hydrogen) atoms. The maximum Gasteiger partial charge on any atom is 0.257 e. The Hall–Kier alpha value is -3.14. The van der Waals surface area contributed by atoms with Gasteiger partial charge in [-0.15, -0.1) is 0 Å². The van der Waals surface area contributed by atoms with Gasteiger partial charge in [0.1, 0.15) is 17.5 Å². The lowest BCUT2D eigenvalue weighted by Gasteiger charge is -2.07. The van der Waals surface area contributed by atoms with Crippen LogP contribution in [0.5, 0.6) is 0 Å². The number of fused-ring (bicyclic) bond motifs is 1. The molecule has 1 unspecified atom stereocenters. The van der Waals surface area contributed by atoms with E-state index in [1.165, 1.54) is 19.2 Å².